The van der Waals surface area contributed by atoms with Gasteiger partial charge in [0.1, 0.15) is 0 Å². The molecule has 1 fully saturated rings. The van der Waals surface area contributed by atoms with Crippen molar-refractivity contribution in [2.75, 3.05) is 53.4 Å². The Labute approximate surface area is 113 Å². The smallest absolute Gasteiger partial charge is 0.0518 e. The van der Waals surface area contributed by atoms with Crippen LogP contribution in [0.5, 0.6) is 0 Å². The number of ether oxygens (including phenoxy) is 1. The SMILES string of the molecule is CC(C)OCCCNCCN1CCC(N(C)C)C1. The van der Waals surface area contributed by atoms with Gasteiger partial charge in [-0.1, -0.05) is 0 Å². The van der Waals surface area contributed by atoms with E-state index < -0.39 is 0 Å². The Morgan fingerprint density at radius 2 is 2.11 bits per heavy atom. The molecule has 108 valence electrons. The molecule has 1 N–H and O–H groups in total. The van der Waals surface area contributed by atoms with Gasteiger partial charge in [0, 0.05) is 32.3 Å². The van der Waals surface area contributed by atoms with Crippen LogP contribution in [-0.4, -0.2) is 75.4 Å². The van der Waals surface area contributed by atoms with E-state index in [1.54, 1.807) is 0 Å². The lowest BCUT2D eigenvalue weighted by Gasteiger charge is -2.20. The second-order valence-electron chi connectivity index (χ2n) is 5.73. The predicted molar refractivity (Wildman–Crippen MR) is 77.1 cm³/mol. The monoisotopic (exact) mass is 257 g/mol. The third-order valence-electron chi connectivity index (χ3n) is 3.53. The zero-order valence-corrected chi connectivity index (χ0v) is 12.6. The zero-order valence-electron chi connectivity index (χ0n) is 12.6. The summed E-state index contributed by atoms with van der Waals surface area (Å²) in [7, 11) is 4.36. The molecule has 0 aromatic heterocycles. The number of hydrogen-bond acceptors (Lipinski definition) is 4. The lowest BCUT2D eigenvalue weighted by Crippen LogP contribution is -2.35. The molecule has 0 aromatic carbocycles. The minimum atomic E-state index is 0.359. The number of nitrogens with one attached hydrogen (secondary N) is 1. The average Bonchev–Trinajstić information content (AvgIpc) is 2.76. The minimum absolute atomic E-state index is 0.359. The summed E-state index contributed by atoms with van der Waals surface area (Å²) < 4.78 is 5.51. The molecule has 1 aliphatic rings. The standard InChI is InChI=1S/C14H31N3O/c1-13(2)18-11-5-7-15-8-10-17-9-6-14(12-17)16(3)4/h13-15H,5-12H2,1-4H3. The summed E-state index contributed by atoms with van der Waals surface area (Å²) >= 11 is 0. The van der Waals surface area contributed by atoms with Crippen LogP contribution in [0, 0.1) is 0 Å². The fraction of sp³-hybridized carbons (Fsp3) is 1.00. The van der Waals surface area contributed by atoms with Gasteiger partial charge in [0.15, 0.2) is 0 Å². The highest BCUT2D eigenvalue weighted by molar-refractivity contribution is 4.80. The van der Waals surface area contributed by atoms with Gasteiger partial charge in [0.2, 0.25) is 0 Å². The predicted octanol–water partition coefficient (Wildman–Crippen LogP) is 1.03. The zero-order chi connectivity index (χ0) is 13.4. The van der Waals surface area contributed by atoms with E-state index in [-0.39, 0.29) is 0 Å². The van der Waals surface area contributed by atoms with Gasteiger partial charge >= 0.3 is 0 Å². The summed E-state index contributed by atoms with van der Waals surface area (Å²) in [5, 5.41) is 3.49. The van der Waals surface area contributed by atoms with E-state index in [0.29, 0.717) is 6.10 Å². The Hall–Kier alpha value is -0.160. The van der Waals surface area contributed by atoms with Crippen LogP contribution in [-0.2, 0) is 4.74 Å². The van der Waals surface area contributed by atoms with Crippen LogP contribution in [0.4, 0.5) is 0 Å². The number of likely N-dealkylation sites (tertiary alicyclic amines) is 1. The quantitative estimate of drug-likeness (QED) is 0.624. The number of likely N-dealkylation sites (N-methyl/N-ethyl adjacent to an activating group) is 1. The minimum Gasteiger partial charge on any atom is -0.379 e. The van der Waals surface area contributed by atoms with Gasteiger partial charge in [0.25, 0.3) is 0 Å². The van der Waals surface area contributed by atoms with Crippen molar-refractivity contribution in [3.8, 4) is 0 Å². The first kappa shape index (κ1) is 15.9. The summed E-state index contributed by atoms with van der Waals surface area (Å²) in [6, 6.07) is 0.754. The van der Waals surface area contributed by atoms with Crippen molar-refractivity contribution in [2.24, 2.45) is 0 Å². The summed E-state index contributed by atoms with van der Waals surface area (Å²) in [6.07, 6.45) is 2.78. The Bertz CT molecular complexity index is 209. The number of nitrogens with zero attached hydrogens (tertiary/aromatic N) is 2. The van der Waals surface area contributed by atoms with Gasteiger partial charge in [-0.2, -0.15) is 0 Å². The Morgan fingerprint density at radius 3 is 2.72 bits per heavy atom. The summed E-state index contributed by atoms with van der Waals surface area (Å²) in [5.74, 6) is 0. The highest BCUT2D eigenvalue weighted by Gasteiger charge is 2.22. The molecule has 1 heterocycles. The molecule has 1 saturated heterocycles. The van der Waals surface area contributed by atoms with E-state index in [0.717, 1.165) is 32.2 Å². The van der Waals surface area contributed by atoms with Gasteiger partial charge < -0.3 is 19.9 Å². The van der Waals surface area contributed by atoms with Crippen LogP contribution in [0.3, 0.4) is 0 Å². The topological polar surface area (TPSA) is 27.7 Å². The molecule has 1 atom stereocenters. The number of hydrogen-bond donors (Lipinski definition) is 1. The first-order chi connectivity index (χ1) is 8.59. The Morgan fingerprint density at radius 1 is 1.33 bits per heavy atom. The molecule has 0 aromatic rings. The van der Waals surface area contributed by atoms with Crippen molar-refractivity contribution in [1.82, 2.24) is 15.1 Å². The van der Waals surface area contributed by atoms with Crippen LogP contribution < -0.4 is 5.32 Å². The normalized spacial score (nSPS) is 21.3. The molecule has 18 heavy (non-hydrogen) atoms. The van der Waals surface area contributed by atoms with Gasteiger partial charge in [0.05, 0.1) is 6.10 Å². The molecule has 4 nitrogen and oxygen atoms in total. The van der Waals surface area contributed by atoms with E-state index in [2.05, 4.69) is 43.1 Å². The second-order valence-corrected chi connectivity index (χ2v) is 5.73. The molecule has 0 spiro atoms. The average molecular weight is 257 g/mol. The Balaban J connectivity index is 1.90. The molecule has 0 saturated carbocycles. The van der Waals surface area contributed by atoms with Crippen LogP contribution in [0.1, 0.15) is 26.7 Å². The third kappa shape index (κ3) is 6.69. The second kappa shape index (κ2) is 8.86. The van der Waals surface area contributed by atoms with Crippen molar-refractivity contribution < 1.29 is 4.74 Å². The molecule has 0 amide bonds. The highest BCUT2D eigenvalue weighted by Crippen LogP contribution is 2.11. The Kier molecular flexibility index (Phi) is 7.82. The van der Waals surface area contributed by atoms with Crippen molar-refractivity contribution >= 4 is 0 Å². The van der Waals surface area contributed by atoms with E-state index in [9.17, 15) is 0 Å². The maximum Gasteiger partial charge on any atom is 0.0518 e. The lowest BCUT2D eigenvalue weighted by molar-refractivity contribution is 0.0770. The summed E-state index contributed by atoms with van der Waals surface area (Å²) in [5.41, 5.74) is 0. The van der Waals surface area contributed by atoms with Crippen molar-refractivity contribution in [2.45, 2.75) is 38.8 Å². The largest absolute Gasteiger partial charge is 0.379 e. The fourth-order valence-electron chi connectivity index (χ4n) is 2.32. The molecule has 1 rings (SSSR count). The molecule has 0 aliphatic carbocycles. The van der Waals surface area contributed by atoms with E-state index in [4.69, 9.17) is 4.74 Å². The highest BCUT2D eigenvalue weighted by atomic mass is 16.5. The van der Waals surface area contributed by atoms with E-state index in [1.807, 2.05) is 0 Å². The van der Waals surface area contributed by atoms with Crippen LogP contribution in [0.25, 0.3) is 0 Å². The number of rotatable bonds is 9. The van der Waals surface area contributed by atoms with Crippen LogP contribution in [0.15, 0.2) is 0 Å². The molecule has 0 radical (unpaired) electrons. The molecular weight excluding hydrogens is 226 g/mol. The first-order valence-electron chi connectivity index (χ1n) is 7.30. The molecule has 0 bridgehead atoms. The summed E-state index contributed by atoms with van der Waals surface area (Å²) in [4.78, 5) is 4.90. The van der Waals surface area contributed by atoms with Crippen LogP contribution in [0.2, 0.25) is 0 Å². The van der Waals surface area contributed by atoms with Crippen LogP contribution >= 0.6 is 0 Å². The lowest BCUT2D eigenvalue weighted by atomic mass is 10.2. The maximum absolute atomic E-state index is 5.51. The summed E-state index contributed by atoms with van der Waals surface area (Å²) in [6.45, 7) is 10.9. The van der Waals surface area contributed by atoms with Gasteiger partial charge in [-0.3, -0.25) is 0 Å². The van der Waals surface area contributed by atoms with Gasteiger partial charge in [-0.15, -0.1) is 0 Å². The third-order valence-corrected chi connectivity index (χ3v) is 3.53. The maximum atomic E-state index is 5.51. The molecule has 1 unspecified atom stereocenters. The first-order valence-corrected chi connectivity index (χ1v) is 7.30. The van der Waals surface area contributed by atoms with E-state index in [1.165, 1.54) is 26.1 Å². The van der Waals surface area contributed by atoms with Gasteiger partial charge in [-0.05, 0) is 53.9 Å². The van der Waals surface area contributed by atoms with Gasteiger partial charge in [-0.25, -0.2) is 0 Å². The van der Waals surface area contributed by atoms with E-state index >= 15 is 0 Å². The van der Waals surface area contributed by atoms with Crippen molar-refractivity contribution in [3.63, 3.8) is 0 Å². The molecular formula is C14H31N3O. The molecule has 4 heteroatoms. The van der Waals surface area contributed by atoms with Crippen molar-refractivity contribution in [3.05, 3.63) is 0 Å². The van der Waals surface area contributed by atoms with Crippen molar-refractivity contribution in [1.29, 1.82) is 0 Å². The molecule has 1 aliphatic heterocycles. The fourth-order valence-corrected chi connectivity index (χ4v) is 2.32.